The molecule has 1 fully saturated rings. The Morgan fingerprint density at radius 2 is 1.62 bits per heavy atom. The zero-order valence-corrected chi connectivity index (χ0v) is 30.1. The summed E-state index contributed by atoms with van der Waals surface area (Å²) in [6.45, 7) is 1.40. The predicted octanol–water partition coefficient (Wildman–Crippen LogP) is 7.31. The van der Waals surface area contributed by atoms with Crippen LogP contribution in [0.4, 0.5) is 5.69 Å². The Hall–Kier alpha value is -3.86. The van der Waals surface area contributed by atoms with Crippen molar-refractivity contribution in [3.05, 3.63) is 123 Å². The molecular formula is C37H39BrClN3O5S. The van der Waals surface area contributed by atoms with Crippen LogP contribution in [0.2, 0.25) is 5.02 Å². The first kappa shape index (κ1) is 35.4. The van der Waals surface area contributed by atoms with Gasteiger partial charge in [-0.05, 0) is 89.3 Å². The average Bonchev–Trinajstić information content (AvgIpc) is 3.59. The number of rotatable bonds is 13. The molecule has 1 atom stereocenters. The molecule has 1 aliphatic carbocycles. The highest BCUT2D eigenvalue weighted by Gasteiger charge is 2.35. The molecule has 0 aromatic heterocycles. The fraction of sp³-hybridized carbons (Fsp3) is 0.297. The Labute approximate surface area is 296 Å². The van der Waals surface area contributed by atoms with Gasteiger partial charge in [0.25, 0.3) is 10.0 Å². The quantitative estimate of drug-likeness (QED) is 0.155. The average molecular weight is 753 g/mol. The van der Waals surface area contributed by atoms with Crippen LogP contribution in [0.15, 0.2) is 106 Å². The third kappa shape index (κ3) is 8.78. The number of halogens is 2. The number of sulfonamides is 1. The van der Waals surface area contributed by atoms with E-state index in [0.29, 0.717) is 26.5 Å². The van der Waals surface area contributed by atoms with Crippen LogP contribution in [0.25, 0.3) is 0 Å². The first-order chi connectivity index (χ1) is 23.0. The van der Waals surface area contributed by atoms with Crippen molar-refractivity contribution in [3.63, 3.8) is 0 Å². The van der Waals surface area contributed by atoms with Crippen molar-refractivity contribution in [3.8, 4) is 5.75 Å². The minimum atomic E-state index is -4.27. The minimum absolute atomic E-state index is 0.0234. The SMILES string of the molecule is COc1ccc(S(=O)(=O)N(CC(=O)N(Cc2cccc(Cl)c2)C(Cc2ccccc2)C(=O)NC2CCCC2)c2ccc(C)cc2)cc1Br. The van der Waals surface area contributed by atoms with Gasteiger partial charge in [0.15, 0.2) is 0 Å². The van der Waals surface area contributed by atoms with Crippen LogP contribution >= 0.6 is 27.5 Å². The smallest absolute Gasteiger partial charge is 0.264 e. The molecule has 0 aliphatic heterocycles. The van der Waals surface area contributed by atoms with Crippen molar-refractivity contribution in [2.45, 2.75) is 62.6 Å². The van der Waals surface area contributed by atoms with Gasteiger partial charge in [0, 0.05) is 24.0 Å². The molecule has 1 unspecified atom stereocenters. The second kappa shape index (κ2) is 16.0. The maximum atomic E-state index is 14.7. The lowest BCUT2D eigenvalue weighted by molar-refractivity contribution is -0.140. The molecule has 1 N–H and O–H groups in total. The summed E-state index contributed by atoms with van der Waals surface area (Å²) in [5.41, 5.74) is 2.84. The Bertz CT molecular complexity index is 1830. The first-order valence-electron chi connectivity index (χ1n) is 15.9. The Morgan fingerprint density at radius 1 is 0.938 bits per heavy atom. The van der Waals surface area contributed by atoms with E-state index in [1.165, 1.54) is 24.1 Å². The number of aryl methyl sites for hydroxylation is 1. The van der Waals surface area contributed by atoms with Crippen LogP contribution in [0.3, 0.4) is 0 Å². The Morgan fingerprint density at radius 3 is 2.27 bits per heavy atom. The molecule has 252 valence electrons. The van der Waals surface area contributed by atoms with Gasteiger partial charge in [-0.1, -0.05) is 84.6 Å². The van der Waals surface area contributed by atoms with Crippen molar-refractivity contribution >= 4 is 55.1 Å². The number of nitrogens with one attached hydrogen (secondary N) is 1. The second-order valence-electron chi connectivity index (χ2n) is 12.0. The lowest BCUT2D eigenvalue weighted by atomic mass is 10.0. The fourth-order valence-electron chi connectivity index (χ4n) is 5.93. The van der Waals surface area contributed by atoms with E-state index in [0.717, 1.165) is 41.1 Å². The van der Waals surface area contributed by atoms with Crippen molar-refractivity contribution < 1.29 is 22.7 Å². The number of methoxy groups -OCH3 is 1. The summed E-state index contributed by atoms with van der Waals surface area (Å²) in [6.07, 6.45) is 4.06. The van der Waals surface area contributed by atoms with Gasteiger partial charge >= 0.3 is 0 Å². The maximum absolute atomic E-state index is 14.7. The number of amides is 2. The Balaban J connectivity index is 1.57. The van der Waals surface area contributed by atoms with E-state index in [1.54, 1.807) is 48.5 Å². The van der Waals surface area contributed by atoms with Crippen LogP contribution in [0, 0.1) is 6.92 Å². The van der Waals surface area contributed by atoms with Crippen LogP contribution in [0.5, 0.6) is 5.75 Å². The number of hydrogen-bond donors (Lipinski definition) is 1. The zero-order chi connectivity index (χ0) is 34.3. The summed E-state index contributed by atoms with van der Waals surface area (Å²) in [6, 6.07) is 27.1. The fourth-order valence-corrected chi connectivity index (χ4v) is 8.27. The van der Waals surface area contributed by atoms with Gasteiger partial charge in [-0.25, -0.2) is 8.42 Å². The number of carbonyl (C=O) groups excluding carboxylic acids is 2. The van der Waals surface area contributed by atoms with Crippen molar-refractivity contribution in [1.82, 2.24) is 10.2 Å². The van der Waals surface area contributed by atoms with E-state index < -0.39 is 28.5 Å². The molecule has 2 amide bonds. The van der Waals surface area contributed by atoms with Crippen molar-refractivity contribution in [2.24, 2.45) is 0 Å². The standard InChI is InChI=1S/C37H39BrClN3O5S/c1-26-15-17-31(18-16-26)42(48(45,46)32-19-20-35(47-2)33(38)23-32)25-36(43)41(24-28-11-8-12-29(39)21-28)34(22-27-9-4-3-5-10-27)37(44)40-30-13-6-7-14-30/h3-5,8-12,15-21,23,30,34H,6-7,13-14,22,24-25H2,1-2H3,(H,40,44). The molecule has 0 saturated heterocycles. The number of benzene rings is 4. The predicted molar refractivity (Wildman–Crippen MR) is 193 cm³/mol. The lowest BCUT2D eigenvalue weighted by Crippen LogP contribution is -2.54. The van der Waals surface area contributed by atoms with Gasteiger partial charge in [-0.3, -0.25) is 13.9 Å². The van der Waals surface area contributed by atoms with Crippen LogP contribution < -0.4 is 14.4 Å². The first-order valence-corrected chi connectivity index (χ1v) is 18.5. The highest BCUT2D eigenvalue weighted by atomic mass is 79.9. The molecule has 0 heterocycles. The monoisotopic (exact) mass is 751 g/mol. The molecule has 0 radical (unpaired) electrons. The summed E-state index contributed by atoms with van der Waals surface area (Å²) in [4.78, 5) is 30.3. The van der Waals surface area contributed by atoms with Crippen molar-refractivity contribution in [2.75, 3.05) is 18.0 Å². The van der Waals surface area contributed by atoms with Gasteiger partial charge in [-0.2, -0.15) is 0 Å². The molecule has 1 aliphatic rings. The molecule has 48 heavy (non-hydrogen) atoms. The van der Waals surface area contributed by atoms with Gasteiger partial charge in [0.2, 0.25) is 11.8 Å². The molecule has 4 aromatic carbocycles. The molecule has 0 bridgehead atoms. The molecule has 4 aromatic rings. The summed E-state index contributed by atoms with van der Waals surface area (Å²) in [5.74, 6) is -0.337. The number of nitrogens with zero attached hydrogens (tertiary/aromatic N) is 2. The van der Waals surface area contributed by atoms with Crippen LogP contribution in [-0.2, 0) is 32.6 Å². The largest absolute Gasteiger partial charge is 0.496 e. The molecule has 5 rings (SSSR count). The third-order valence-corrected chi connectivity index (χ3v) is 11.2. The van der Waals surface area contributed by atoms with E-state index in [2.05, 4.69) is 21.2 Å². The molecular weight excluding hydrogens is 714 g/mol. The third-order valence-electron chi connectivity index (χ3n) is 8.53. The van der Waals surface area contributed by atoms with Crippen LogP contribution in [-0.4, -0.2) is 50.9 Å². The summed E-state index contributed by atoms with van der Waals surface area (Å²) >= 11 is 9.74. The Kier molecular flexibility index (Phi) is 11.8. The maximum Gasteiger partial charge on any atom is 0.264 e. The zero-order valence-electron chi connectivity index (χ0n) is 26.9. The molecule has 8 nitrogen and oxygen atoms in total. The van der Waals surface area contributed by atoms with E-state index in [1.807, 2.05) is 43.3 Å². The van der Waals surface area contributed by atoms with Gasteiger partial charge in [0.05, 0.1) is 22.2 Å². The summed E-state index contributed by atoms with van der Waals surface area (Å²) in [5, 5.41) is 3.68. The summed E-state index contributed by atoms with van der Waals surface area (Å²) < 4.78 is 35.6. The molecule has 11 heteroatoms. The van der Waals surface area contributed by atoms with Gasteiger partial charge in [-0.15, -0.1) is 0 Å². The summed E-state index contributed by atoms with van der Waals surface area (Å²) in [7, 11) is -2.77. The van der Waals surface area contributed by atoms with E-state index in [9.17, 15) is 18.0 Å². The topological polar surface area (TPSA) is 96.0 Å². The minimum Gasteiger partial charge on any atom is -0.496 e. The molecule has 0 spiro atoms. The van der Waals surface area contributed by atoms with E-state index in [4.69, 9.17) is 16.3 Å². The highest BCUT2D eigenvalue weighted by molar-refractivity contribution is 9.10. The van der Waals surface area contributed by atoms with Gasteiger partial charge < -0.3 is 15.0 Å². The number of hydrogen-bond acceptors (Lipinski definition) is 5. The second-order valence-corrected chi connectivity index (χ2v) is 15.1. The van der Waals surface area contributed by atoms with Crippen molar-refractivity contribution in [1.29, 1.82) is 0 Å². The van der Waals surface area contributed by atoms with E-state index in [-0.39, 0.29) is 29.8 Å². The number of carbonyl (C=O) groups is 2. The number of ether oxygens (including phenoxy) is 1. The normalized spacial score (nSPS) is 13.9. The van der Waals surface area contributed by atoms with Crippen LogP contribution in [0.1, 0.15) is 42.4 Å². The van der Waals surface area contributed by atoms with E-state index >= 15 is 0 Å². The molecule has 1 saturated carbocycles. The highest BCUT2D eigenvalue weighted by Crippen LogP contribution is 2.31. The van der Waals surface area contributed by atoms with Gasteiger partial charge in [0.1, 0.15) is 18.3 Å². The lowest BCUT2D eigenvalue weighted by Gasteiger charge is -2.34. The number of anilines is 1.